The second-order valence-electron chi connectivity index (χ2n) is 8.56. The molecule has 2 aliphatic heterocycles. The Morgan fingerprint density at radius 3 is 2.45 bits per heavy atom. The third-order valence-corrected chi connectivity index (χ3v) is 6.43. The van der Waals surface area contributed by atoms with Crippen molar-refractivity contribution in [1.29, 1.82) is 0 Å². The number of ether oxygens (including phenoxy) is 1. The fourth-order valence-corrected chi connectivity index (χ4v) is 4.72. The molecule has 2 heterocycles. The van der Waals surface area contributed by atoms with E-state index in [1.807, 2.05) is 0 Å². The van der Waals surface area contributed by atoms with Crippen molar-refractivity contribution in [2.75, 3.05) is 32.8 Å². The topological polar surface area (TPSA) is 66.9 Å². The van der Waals surface area contributed by atoms with Gasteiger partial charge in [0.05, 0.1) is 12.0 Å². The summed E-state index contributed by atoms with van der Waals surface area (Å²) >= 11 is 0. The first kappa shape index (κ1) is 23.2. The summed E-state index contributed by atoms with van der Waals surface area (Å²) in [7, 11) is 0. The van der Waals surface area contributed by atoms with E-state index in [0.29, 0.717) is 45.3 Å². The van der Waals surface area contributed by atoms with Crippen LogP contribution in [0.2, 0.25) is 0 Å². The van der Waals surface area contributed by atoms with Gasteiger partial charge in [-0.3, -0.25) is 14.4 Å². The number of piperidine rings is 2. The van der Waals surface area contributed by atoms with Crippen LogP contribution >= 0.6 is 0 Å². The summed E-state index contributed by atoms with van der Waals surface area (Å²) in [6.07, 6.45) is 2.29. The van der Waals surface area contributed by atoms with Crippen molar-refractivity contribution in [3.05, 3.63) is 35.4 Å². The minimum atomic E-state index is -1.07. The van der Waals surface area contributed by atoms with E-state index in [-0.39, 0.29) is 42.9 Å². The van der Waals surface area contributed by atoms with Gasteiger partial charge in [-0.2, -0.15) is 0 Å². The molecule has 2 saturated heterocycles. The van der Waals surface area contributed by atoms with Gasteiger partial charge in [0.1, 0.15) is 11.6 Å². The molecule has 6 nitrogen and oxygen atoms in total. The number of amides is 2. The molecule has 1 unspecified atom stereocenters. The Hall–Kier alpha value is -2.51. The van der Waals surface area contributed by atoms with Crippen molar-refractivity contribution in [3.63, 3.8) is 0 Å². The normalized spacial score (nSPS) is 22.3. The Labute approximate surface area is 181 Å². The zero-order chi connectivity index (χ0) is 22.6. The minimum Gasteiger partial charge on any atom is -0.466 e. The number of esters is 1. The lowest BCUT2D eigenvalue weighted by atomic mass is 9.74. The molecule has 0 N–H and O–H groups in total. The molecule has 0 bridgehead atoms. The molecule has 0 saturated carbocycles. The smallest absolute Gasteiger partial charge is 0.314 e. The molecule has 2 fully saturated rings. The van der Waals surface area contributed by atoms with Gasteiger partial charge in [-0.25, -0.2) is 8.78 Å². The average Bonchev–Trinajstić information content (AvgIpc) is 2.75. The molecule has 0 spiro atoms. The van der Waals surface area contributed by atoms with Gasteiger partial charge in [0.15, 0.2) is 0 Å². The van der Waals surface area contributed by atoms with E-state index in [2.05, 4.69) is 0 Å². The van der Waals surface area contributed by atoms with E-state index in [1.54, 1.807) is 16.7 Å². The number of benzene rings is 1. The first-order chi connectivity index (χ1) is 14.8. The maximum absolute atomic E-state index is 14.4. The lowest BCUT2D eigenvalue weighted by molar-refractivity contribution is -0.162. The van der Waals surface area contributed by atoms with Crippen LogP contribution in [0.4, 0.5) is 8.78 Å². The van der Waals surface area contributed by atoms with Gasteiger partial charge in [-0.05, 0) is 50.7 Å². The highest BCUT2D eigenvalue weighted by Crippen LogP contribution is 2.37. The van der Waals surface area contributed by atoms with Crippen LogP contribution in [0.3, 0.4) is 0 Å². The van der Waals surface area contributed by atoms with Crippen molar-refractivity contribution >= 4 is 17.8 Å². The SMILES string of the molecule is CCOC(=O)C1(Cc2ccc(F)cc2F)CCCN(C(=O)C2CCN(C(C)=O)CC2)C1. The Morgan fingerprint density at radius 1 is 1.13 bits per heavy atom. The molecule has 8 heteroatoms. The van der Waals surface area contributed by atoms with Crippen molar-refractivity contribution in [2.24, 2.45) is 11.3 Å². The van der Waals surface area contributed by atoms with Gasteiger partial charge in [0.2, 0.25) is 11.8 Å². The van der Waals surface area contributed by atoms with Gasteiger partial charge in [-0.1, -0.05) is 6.07 Å². The number of carbonyl (C=O) groups is 3. The van der Waals surface area contributed by atoms with Crippen LogP contribution in [0, 0.1) is 23.0 Å². The van der Waals surface area contributed by atoms with E-state index in [9.17, 15) is 23.2 Å². The van der Waals surface area contributed by atoms with E-state index in [4.69, 9.17) is 4.74 Å². The fraction of sp³-hybridized carbons (Fsp3) is 0.609. The summed E-state index contributed by atoms with van der Waals surface area (Å²) in [5.41, 5.74) is -0.832. The third-order valence-electron chi connectivity index (χ3n) is 6.43. The maximum Gasteiger partial charge on any atom is 0.314 e. The molecule has 0 radical (unpaired) electrons. The third kappa shape index (κ3) is 5.22. The second kappa shape index (κ2) is 9.75. The monoisotopic (exact) mass is 436 g/mol. The van der Waals surface area contributed by atoms with Crippen LogP contribution in [-0.4, -0.2) is 60.4 Å². The average molecular weight is 436 g/mol. The summed E-state index contributed by atoms with van der Waals surface area (Å²) in [5, 5.41) is 0. The Bertz CT molecular complexity index is 839. The van der Waals surface area contributed by atoms with Crippen LogP contribution in [0.25, 0.3) is 0 Å². The van der Waals surface area contributed by atoms with Crippen LogP contribution < -0.4 is 0 Å². The molecular formula is C23H30F2N2O4. The van der Waals surface area contributed by atoms with E-state index in [1.165, 1.54) is 19.1 Å². The molecule has 1 aromatic carbocycles. The van der Waals surface area contributed by atoms with Crippen LogP contribution in [0.5, 0.6) is 0 Å². The first-order valence-electron chi connectivity index (χ1n) is 10.9. The van der Waals surface area contributed by atoms with E-state index >= 15 is 0 Å². The fourth-order valence-electron chi connectivity index (χ4n) is 4.72. The summed E-state index contributed by atoms with van der Waals surface area (Å²) in [4.78, 5) is 41.1. The molecule has 0 aromatic heterocycles. The van der Waals surface area contributed by atoms with Gasteiger partial charge >= 0.3 is 5.97 Å². The number of nitrogens with zero attached hydrogens (tertiary/aromatic N) is 2. The number of likely N-dealkylation sites (tertiary alicyclic amines) is 2. The van der Waals surface area contributed by atoms with Crippen LogP contribution in [0.15, 0.2) is 18.2 Å². The Kier molecular flexibility index (Phi) is 7.28. The molecule has 1 aromatic rings. The van der Waals surface area contributed by atoms with Gasteiger partial charge in [0.25, 0.3) is 0 Å². The molecule has 3 rings (SSSR count). The van der Waals surface area contributed by atoms with Crippen molar-refractivity contribution < 1.29 is 27.9 Å². The predicted octanol–water partition coefficient (Wildman–Crippen LogP) is 2.94. The number of rotatable bonds is 5. The van der Waals surface area contributed by atoms with Crippen molar-refractivity contribution in [3.8, 4) is 0 Å². The van der Waals surface area contributed by atoms with Crippen molar-refractivity contribution in [1.82, 2.24) is 9.80 Å². The first-order valence-corrected chi connectivity index (χ1v) is 10.9. The molecule has 2 amide bonds. The Balaban J connectivity index is 1.78. The summed E-state index contributed by atoms with van der Waals surface area (Å²) in [6.45, 7) is 5.18. The number of hydrogen-bond acceptors (Lipinski definition) is 4. The molecule has 31 heavy (non-hydrogen) atoms. The van der Waals surface area contributed by atoms with E-state index in [0.717, 1.165) is 6.07 Å². The standard InChI is InChI=1S/C23H30F2N2O4/c1-3-31-22(30)23(14-18-5-6-19(24)13-20(18)25)9-4-10-27(15-23)21(29)17-7-11-26(12-8-17)16(2)28/h5-6,13,17H,3-4,7-12,14-15H2,1-2H3. The van der Waals surface area contributed by atoms with Gasteiger partial charge in [0, 0.05) is 45.1 Å². The summed E-state index contributed by atoms with van der Waals surface area (Å²) in [6, 6.07) is 3.33. The molecular weight excluding hydrogens is 406 g/mol. The zero-order valence-electron chi connectivity index (χ0n) is 18.2. The van der Waals surface area contributed by atoms with Gasteiger partial charge in [-0.15, -0.1) is 0 Å². The highest BCUT2D eigenvalue weighted by molar-refractivity contribution is 5.82. The lowest BCUT2D eigenvalue weighted by Gasteiger charge is -2.43. The second-order valence-corrected chi connectivity index (χ2v) is 8.56. The Morgan fingerprint density at radius 2 is 1.84 bits per heavy atom. The van der Waals surface area contributed by atoms with Crippen LogP contribution in [-0.2, 0) is 25.5 Å². The molecule has 1 atom stereocenters. The van der Waals surface area contributed by atoms with Gasteiger partial charge < -0.3 is 14.5 Å². The molecule has 0 aliphatic carbocycles. The van der Waals surface area contributed by atoms with Crippen LogP contribution in [0.1, 0.15) is 45.1 Å². The quantitative estimate of drug-likeness (QED) is 0.666. The predicted molar refractivity (Wildman–Crippen MR) is 110 cm³/mol. The minimum absolute atomic E-state index is 0.00604. The highest BCUT2D eigenvalue weighted by atomic mass is 19.1. The van der Waals surface area contributed by atoms with E-state index < -0.39 is 23.0 Å². The number of carbonyl (C=O) groups excluding carboxylic acids is 3. The molecule has 2 aliphatic rings. The zero-order valence-corrected chi connectivity index (χ0v) is 18.2. The lowest BCUT2D eigenvalue weighted by Crippen LogP contribution is -2.54. The number of halogens is 2. The molecule has 170 valence electrons. The summed E-state index contributed by atoms with van der Waals surface area (Å²) < 4.78 is 33.0. The number of hydrogen-bond donors (Lipinski definition) is 0. The maximum atomic E-state index is 14.4. The summed E-state index contributed by atoms with van der Waals surface area (Å²) in [5.74, 6) is -2.06. The highest BCUT2D eigenvalue weighted by Gasteiger charge is 2.46. The van der Waals surface area contributed by atoms with Crippen molar-refractivity contribution in [2.45, 2.75) is 46.0 Å². The largest absolute Gasteiger partial charge is 0.466 e.